The van der Waals surface area contributed by atoms with Gasteiger partial charge in [0.25, 0.3) is 0 Å². The molecule has 0 unspecified atom stereocenters. The zero-order valence-corrected chi connectivity index (χ0v) is 20.4. The summed E-state index contributed by atoms with van der Waals surface area (Å²) < 4.78 is 35.1. The first kappa shape index (κ1) is 23.0. The van der Waals surface area contributed by atoms with Crippen molar-refractivity contribution in [2.75, 3.05) is 32.1 Å². The minimum atomic E-state index is -0.402. The summed E-state index contributed by atoms with van der Waals surface area (Å²) in [7, 11) is 3.78. The second-order valence-electron chi connectivity index (χ2n) is 10.1. The molecule has 0 radical (unpaired) electrons. The molecule has 2 aromatic carbocycles. The summed E-state index contributed by atoms with van der Waals surface area (Å²) in [6, 6.07) is 7.92. The van der Waals surface area contributed by atoms with Gasteiger partial charge in [-0.05, 0) is 63.5 Å². The van der Waals surface area contributed by atoms with Gasteiger partial charge in [0.1, 0.15) is 23.8 Å². The van der Waals surface area contributed by atoms with E-state index in [9.17, 15) is 8.78 Å². The molecule has 1 aliphatic heterocycles. The normalized spacial score (nSPS) is 16.9. The maximum Gasteiger partial charge on any atom is 0.229 e. The third-order valence-electron chi connectivity index (χ3n) is 7.08. The second kappa shape index (κ2) is 9.20. The number of fused-ring (bicyclic) bond motifs is 1. The SMILES string of the molecule is CN(C)Cc1ccc(-c2cc(F)cc3c(N4CCC(c5noc(C6CC6)n5)CC4)ncnc23)cc1F. The van der Waals surface area contributed by atoms with Crippen LogP contribution >= 0.6 is 0 Å². The molecule has 186 valence electrons. The molecule has 3 heterocycles. The van der Waals surface area contributed by atoms with Gasteiger partial charge in [0.15, 0.2) is 5.82 Å². The highest BCUT2D eigenvalue weighted by molar-refractivity contribution is 5.99. The third-order valence-corrected chi connectivity index (χ3v) is 7.08. The van der Waals surface area contributed by atoms with Crippen molar-refractivity contribution in [2.24, 2.45) is 0 Å². The quantitative estimate of drug-likeness (QED) is 0.364. The van der Waals surface area contributed by atoms with Gasteiger partial charge < -0.3 is 14.3 Å². The molecule has 1 saturated heterocycles. The Labute approximate surface area is 208 Å². The monoisotopic (exact) mass is 490 g/mol. The molecule has 1 saturated carbocycles. The lowest BCUT2D eigenvalue weighted by Gasteiger charge is -2.32. The highest BCUT2D eigenvalue weighted by Crippen LogP contribution is 2.40. The van der Waals surface area contributed by atoms with Crippen LogP contribution in [0.5, 0.6) is 0 Å². The fraction of sp³-hybridized carbons (Fsp3) is 0.407. The lowest BCUT2D eigenvalue weighted by molar-refractivity contribution is 0.365. The summed E-state index contributed by atoms with van der Waals surface area (Å²) in [6.07, 6.45) is 5.48. The Morgan fingerprint density at radius 2 is 1.81 bits per heavy atom. The van der Waals surface area contributed by atoms with Crippen LogP contribution in [0, 0.1) is 11.6 Å². The van der Waals surface area contributed by atoms with Gasteiger partial charge >= 0.3 is 0 Å². The molecule has 2 aliphatic rings. The summed E-state index contributed by atoms with van der Waals surface area (Å²) in [5.41, 5.74) is 2.34. The minimum Gasteiger partial charge on any atom is -0.356 e. The van der Waals surface area contributed by atoms with Crippen LogP contribution in [-0.2, 0) is 6.54 Å². The number of nitrogens with zero attached hydrogens (tertiary/aromatic N) is 6. The number of rotatable bonds is 6. The first-order valence-corrected chi connectivity index (χ1v) is 12.4. The van der Waals surface area contributed by atoms with Crippen LogP contribution < -0.4 is 4.90 Å². The van der Waals surface area contributed by atoms with E-state index in [1.165, 1.54) is 24.5 Å². The van der Waals surface area contributed by atoms with E-state index in [0.717, 1.165) is 50.5 Å². The first-order valence-electron chi connectivity index (χ1n) is 12.4. The van der Waals surface area contributed by atoms with Gasteiger partial charge in [-0.15, -0.1) is 0 Å². The van der Waals surface area contributed by atoms with Gasteiger partial charge in [0.05, 0.1) is 5.52 Å². The van der Waals surface area contributed by atoms with Crippen LogP contribution in [0.3, 0.4) is 0 Å². The van der Waals surface area contributed by atoms with Gasteiger partial charge in [-0.2, -0.15) is 4.98 Å². The predicted octanol–water partition coefficient (Wildman–Crippen LogP) is 5.28. The summed E-state index contributed by atoms with van der Waals surface area (Å²) in [6.45, 7) is 1.97. The second-order valence-corrected chi connectivity index (χ2v) is 10.1. The molecule has 36 heavy (non-hydrogen) atoms. The van der Waals surface area contributed by atoms with Gasteiger partial charge in [-0.3, -0.25) is 0 Å². The van der Waals surface area contributed by atoms with Crippen LogP contribution in [0.25, 0.3) is 22.0 Å². The molecule has 0 N–H and O–H groups in total. The summed E-state index contributed by atoms with van der Waals surface area (Å²) in [4.78, 5) is 17.7. The van der Waals surface area contributed by atoms with E-state index in [1.807, 2.05) is 25.1 Å². The Morgan fingerprint density at radius 1 is 1.00 bits per heavy atom. The van der Waals surface area contributed by atoms with Crippen molar-refractivity contribution >= 4 is 16.7 Å². The van der Waals surface area contributed by atoms with Crippen molar-refractivity contribution in [2.45, 2.75) is 44.1 Å². The number of piperidine rings is 1. The summed E-state index contributed by atoms with van der Waals surface area (Å²) in [5, 5.41) is 4.85. The Bertz CT molecular complexity index is 1410. The third kappa shape index (κ3) is 4.43. The van der Waals surface area contributed by atoms with E-state index < -0.39 is 5.82 Å². The van der Waals surface area contributed by atoms with Crippen LogP contribution in [0.1, 0.15) is 54.8 Å². The van der Waals surface area contributed by atoms with Gasteiger partial charge in [-0.25, -0.2) is 18.7 Å². The number of benzene rings is 2. The molecule has 0 amide bonds. The van der Waals surface area contributed by atoms with E-state index in [2.05, 4.69) is 25.0 Å². The van der Waals surface area contributed by atoms with Crippen molar-refractivity contribution in [3.8, 4) is 11.1 Å². The van der Waals surface area contributed by atoms with Crippen molar-refractivity contribution in [1.82, 2.24) is 25.0 Å². The van der Waals surface area contributed by atoms with Crippen LogP contribution in [0.2, 0.25) is 0 Å². The van der Waals surface area contributed by atoms with E-state index in [1.54, 1.807) is 6.07 Å². The molecule has 1 aliphatic carbocycles. The first-order chi connectivity index (χ1) is 17.5. The lowest BCUT2D eigenvalue weighted by Crippen LogP contribution is -2.34. The van der Waals surface area contributed by atoms with E-state index in [-0.39, 0.29) is 11.7 Å². The fourth-order valence-electron chi connectivity index (χ4n) is 5.03. The van der Waals surface area contributed by atoms with Crippen molar-refractivity contribution < 1.29 is 13.3 Å². The Morgan fingerprint density at radius 3 is 2.53 bits per heavy atom. The number of hydrogen-bond donors (Lipinski definition) is 0. The zero-order chi connectivity index (χ0) is 24.8. The zero-order valence-electron chi connectivity index (χ0n) is 20.4. The van der Waals surface area contributed by atoms with Gasteiger partial charge in [-0.1, -0.05) is 17.3 Å². The molecule has 9 heteroatoms. The number of halogens is 2. The number of hydrogen-bond acceptors (Lipinski definition) is 7. The van der Waals surface area contributed by atoms with E-state index in [4.69, 9.17) is 4.52 Å². The molecule has 2 fully saturated rings. The smallest absolute Gasteiger partial charge is 0.229 e. The molecule has 0 spiro atoms. The van der Waals surface area contributed by atoms with Crippen LogP contribution in [-0.4, -0.2) is 52.2 Å². The molecule has 7 nitrogen and oxygen atoms in total. The van der Waals surface area contributed by atoms with Crippen molar-refractivity contribution in [1.29, 1.82) is 0 Å². The minimum absolute atomic E-state index is 0.238. The molecular formula is C27H28F2N6O. The van der Waals surface area contributed by atoms with Crippen molar-refractivity contribution in [3.63, 3.8) is 0 Å². The molecule has 0 atom stereocenters. The number of anilines is 1. The van der Waals surface area contributed by atoms with Crippen LogP contribution in [0.15, 0.2) is 41.2 Å². The van der Waals surface area contributed by atoms with E-state index >= 15 is 0 Å². The van der Waals surface area contributed by atoms with Gasteiger partial charge in [0.2, 0.25) is 5.89 Å². The lowest BCUT2D eigenvalue weighted by atomic mass is 9.95. The molecule has 6 rings (SSSR count). The number of aromatic nitrogens is 4. The molecular weight excluding hydrogens is 462 g/mol. The topological polar surface area (TPSA) is 71.2 Å². The molecule has 0 bridgehead atoms. The molecule has 2 aromatic heterocycles. The Kier molecular flexibility index (Phi) is 5.87. The maximum atomic E-state index is 14.8. The molecule has 4 aromatic rings. The highest BCUT2D eigenvalue weighted by atomic mass is 19.1. The van der Waals surface area contributed by atoms with E-state index in [0.29, 0.717) is 45.9 Å². The average molecular weight is 491 g/mol. The largest absolute Gasteiger partial charge is 0.356 e. The fourth-order valence-corrected chi connectivity index (χ4v) is 5.03. The average Bonchev–Trinajstić information content (AvgIpc) is 3.60. The Hall–Kier alpha value is -3.46. The standard InChI is InChI=1S/C27H28F2N6O/c1-34(2)14-19-6-5-18(11-23(19)29)21-12-20(28)13-22-24(21)30-15-31-26(22)35-9-7-16(8-10-35)25-32-27(36-33-25)17-3-4-17/h5-6,11-13,15-17H,3-4,7-10,14H2,1-2H3. The van der Waals surface area contributed by atoms with Crippen molar-refractivity contribution in [3.05, 3.63) is 65.6 Å². The predicted molar refractivity (Wildman–Crippen MR) is 133 cm³/mol. The van der Waals surface area contributed by atoms with Gasteiger partial charge in [0, 0.05) is 48.0 Å². The van der Waals surface area contributed by atoms with Crippen LogP contribution in [0.4, 0.5) is 14.6 Å². The highest BCUT2D eigenvalue weighted by Gasteiger charge is 2.32. The maximum absolute atomic E-state index is 14.8. The Balaban J connectivity index is 1.28. The summed E-state index contributed by atoms with van der Waals surface area (Å²) in [5.74, 6) is 2.21. The summed E-state index contributed by atoms with van der Waals surface area (Å²) >= 11 is 0.